The van der Waals surface area contributed by atoms with Crippen molar-refractivity contribution in [3.63, 3.8) is 0 Å². The van der Waals surface area contributed by atoms with Crippen molar-refractivity contribution in [3.8, 4) is 0 Å². The second-order valence-electron chi connectivity index (χ2n) is 6.37. The summed E-state index contributed by atoms with van der Waals surface area (Å²) in [6.45, 7) is 1.45. The summed E-state index contributed by atoms with van der Waals surface area (Å²) in [5.74, 6) is 0. The Balaban J connectivity index is 1.67. The van der Waals surface area contributed by atoms with E-state index in [1.165, 1.54) is 0 Å². The quantitative estimate of drug-likeness (QED) is 0.938. The summed E-state index contributed by atoms with van der Waals surface area (Å²) in [5, 5.41) is 10.0. The van der Waals surface area contributed by atoms with Crippen LogP contribution in [0.5, 0.6) is 0 Å². The highest BCUT2D eigenvalue weighted by atomic mass is 16.6. The van der Waals surface area contributed by atoms with Gasteiger partial charge in [0.05, 0.1) is 6.61 Å². The molecule has 3 rings (SSSR count). The van der Waals surface area contributed by atoms with Gasteiger partial charge in [0.1, 0.15) is 6.61 Å². The van der Waals surface area contributed by atoms with E-state index in [2.05, 4.69) is 0 Å². The number of amides is 1. The molecule has 1 saturated heterocycles. The maximum atomic E-state index is 12.4. The lowest BCUT2D eigenvalue weighted by Crippen LogP contribution is -2.50. The minimum absolute atomic E-state index is 0.0273. The predicted molar refractivity (Wildman–Crippen MR) is 92.6 cm³/mol. The van der Waals surface area contributed by atoms with Crippen molar-refractivity contribution in [2.24, 2.45) is 0 Å². The van der Waals surface area contributed by atoms with E-state index >= 15 is 0 Å². The molecule has 4 heteroatoms. The van der Waals surface area contributed by atoms with Gasteiger partial charge in [-0.1, -0.05) is 60.7 Å². The van der Waals surface area contributed by atoms with Crippen LogP contribution in [0.25, 0.3) is 0 Å². The van der Waals surface area contributed by atoms with Crippen LogP contribution >= 0.6 is 0 Å². The van der Waals surface area contributed by atoms with Gasteiger partial charge in [-0.3, -0.25) is 0 Å². The number of hydrogen-bond acceptors (Lipinski definition) is 3. The van der Waals surface area contributed by atoms with E-state index in [9.17, 15) is 9.90 Å². The number of rotatable bonds is 4. The van der Waals surface area contributed by atoms with Gasteiger partial charge in [0, 0.05) is 18.5 Å². The molecule has 0 spiro atoms. The minimum atomic E-state index is -0.398. The number of carbonyl (C=O) groups excluding carboxylic acids is 1. The lowest BCUT2D eigenvalue weighted by Gasteiger charge is -2.41. The molecule has 1 amide bonds. The summed E-state index contributed by atoms with van der Waals surface area (Å²) in [4.78, 5) is 14.1. The Kier molecular flexibility index (Phi) is 5.16. The van der Waals surface area contributed by atoms with E-state index in [4.69, 9.17) is 4.74 Å². The first-order valence-electron chi connectivity index (χ1n) is 8.35. The zero-order valence-electron chi connectivity index (χ0n) is 13.7. The topological polar surface area (TPSA) is 49.8 Å². The number of aliphatic hydroxyl groups excluding tert-OH is 1. The fourth-order valence-corrected chi connectivity index (χ4v) is 3.35. The van der Waals surface area contributed by atoms with Crippen LogP contribution in [0.3, 0.4) is 0 Å². The normalized spacial score (nSPS) is 20.6. The molecule has 0 radical (unpaired) electrons. The molecule has 4 nitrogen and oxygen atoms in total. The van der Waals surface area contributed by atoms with Gasteiger partial charge in [-0.25, -0.2) is 4.79 Å². The van der Waals surface area contributed by atoms with Crippen LogP contribution < -0.4 is 0 Å². The highest BCUT2D eigenvalue weighted by Crippen LogP contribution is 2.34. The van der Waals surface area contributed by atoms with E-state index in [-0.39, 0.29) is 19.3 Å². The summed E-state index contributed by atoms with van der Waals surface area (Å²) in [6, 6.07) is 19.6. The van der Waals surface area contributed by atoms with Crippen LogP contribution in [0.2, 0.25) is 0 Å². The summed E-state index contributed by atoms with van der Waals surface area (Å²) in [7, 11) is 0. The molecule has 1 aliphatic heterocycles. The molecule has 126 valence electrons. The van der Waals surface area contributed by atoms with Crippen molar-refractivity contribution in [3.05, 3.63) is 71.8 Å². The number of piperidine rings is 1. The number of hydrogen-bond donors (Lipinski definition) is 1. The number of carbonyl (C=O) groups is 1. The van der Waals surface area contributed by atoms with Gasteiger partial charge in [-0.05, 0) is 24.0 Å². The fraction of sp³-hybridized carbons (Fsp3) is 0.350. The Labute approximate surface area is 142 Å². The second-order valence-corrected chi connectivity index (χ2v) is 6.37. The molecule has 0 saturated carbocycles. The fourth-order valence-electron chi connectivity index (χ4n) is 3.35. The molecule has 0 aliphatic carbocycles. The van der Waals surface area contributed by atoms with Gasteiger partial charge in [-0.2, -0.15) is 0 Å². The van der Waals surface area contributed by atoms with Crippen LogP contribution in [0, 0.1) is 0 Å². The molecule has 1 atom stereocenters. The Morgan fingerprint density at radius 3 is 2.42 bits per heavy atom. The number of benzene rings is 2. The molecule has 1 heterocycles. The molecule has 24 heavy (non-hydrogen) atoms. The number of aliphatic hydroxyl groups is 1. The summed E-state index contributed by atoms with van der Waals surface area (Å²) >= 11 is 0. The van der Waals surface area contributed by atoms with Crippen molar-refractivity contribution in [1.82, 2.24) is 4.90 Å². The monoisotopic (exact) mass is 325 g/mol. The van der Waals surface area contributed by atoms with E-state index in [1.807, 2.05) is 60.7 Å². The van der Waals surface area contributed by atoms with E-state index in [0.29, 0.717) is 13.1 Å². The Bertz CT molecular complexity index is 659. The Morgan fingerprint density at radius 1 is 1.08 bits per heavy atom. The minimum Gasteiger partial charge on any atom is -0.445 e. The highest BCUT2D eigenvalue weighted by Gasteiger charge is 2.38. The van der Waals surface area contributed by atoms with Gasteiger partial charge in [0.2, 0.25) is 0 Å². The maximum Gasteiger partial charge on any atom is 0.410 e. The van der Waals surface area contributed by atoms with Crippen LogP contribution in [-0.4, -0.2) is 35.8 Å². The zero-order valence-corrected chi connectivity index (χ0v) is 13.7. The van der Waals surface area contributed by atoms with E-state index < -0.39 is 5.41 Å². The zero-order chi connectivity index (χ0) is 16.8. The van der Waals surface area contributed by atoms with Crippen LogP contribution in [0.4, 0.5) is 4.79 Å². The van der Waals surface area contributed by atoms with Gasteiger partial charge in [0.25, 0.3) is 0 Å². The third-order valence-corrected chi connectivity index (χ3v) is 4.73. The predicted octanol–water partition coefficient (Wildman–Crippen LogP) is 3.35. The molecular weight excluding hydrogens is 302 g/mol. The molecule has 0 aromatic heterocycles. The van der Waals surface area contributed by atoms with Gasteiger partial charge >= 0.3 is 6.09 Å². The standard InChI is InChI=1S/C20H23NO3/c22-16-20(18-10-5-2-6-11-18)12-7-13-21(15-20)19(23)24-14-17-8-3-1-4-9-17/h1-6,8-11,22H,7,12-16H2. The van der Waals surface area contributed by atoms with Gasteiger partial charge in [0.15, 0.2) is 0 Å². The summed E-state index contributed by atoms with van der Waals surface area (Å²) < 4.78 is 5.45. The van der Waals surface area contributed by atoms with Crippen molar-refractivity contribution in [2.75, 3.05) is 19.7 Å². The molecule has 1 fully saturated rings. The average molecular weight is 325 g/mol. The Morgan fingerprint density at radius 2 is 1.75 bits per heavy atom. The van der Waals surface area contributed by atoms with Gasteiger partial charge in [-0.15, -0.1) is 0 Å². The van der Waals surface area contributed by atoms with E-state index in [1.54, 1.807) is 4.90 Å². The van der Waals surface area contributed by atoms with Crippen LogP contribution in [-0.2, 0) is 16.8 Å². The second kappa shape index (κ2) is 7.49. The highest BCUT2D eigenvalue weighted by molar-refractivity contribution is 5.68. The van der Waals surface area contributed by atoms with Crippen LogP contribution in [0.15, 0.2) is 60.7 Å². The third-order valence-electron chi connectivity index (χ3n) is 4.73. The average Bonchev–Trinajstić information content (AvgIpc) is 2.67. The molecule has 1 unspecified atom stereocenters. The molecule has 2 aromatic carbocycles. The lowest BCUT2D eigenvalue weighted by molar-refractivity contribution is 0.0558. The first-order valence-corrected chi connectivity index (χ1v) is 8.35. The largest absolute Gasteiger partial charge is 0.445 e. The number of nitrogens with zero attached hydrogens (tertiary/aromatic N) is 1. The van der Waals surface area contributed by atoms with Crippen LogP contribution in [0.1, 0.15) is 24.0 Å². The number of ether oxygens (including phenoxy) is 1. The first-order chi connectivity index (χ1) is 11.7. The van der Waals surface area contributed by atoms with Crippen molar-refractivity contribution < 1.29 is 14.6 Å². The van der Waals surface area contributed by atoms with Crippen molar-refractivity contribution >= 4 is 6.09 Å². The summed E-state index contributed by atoms with van der Waals surface area (Å²) in [6.07, 6.45) is 1.42. The SMILES string of the molecule is O=C(OCc1ccccc1)N1CCCC(CO)(c2ccccc2)C1. The molecule has 2 aromatic rings. The molecule has 1 N–H and O–H groups in total. The number of likely N-dealkylation sites (tertiary alicyclic amines) is 1. The smallest absolute Gasteiger partial charge is 0.410 e. The first kappa shape index (κ1) is 16.5. The summed E-state index contributed by atoms with van der Waals surface area (Å²) in [5.41, 5.74) is 1.65. The molecule has 0 bridgehead atoms. The molecular formula is C20H23NO3. The Hall–Kier alpha value is -2.33. The third kappa shape index (κ3) is 3.60. The molecule has 1 aliphatic rings. The van der Waals surface area contributed by atoms with Crippen molar-refractivity contribution in [2.45, 2.75) is 24.9 Å². The lowest BCUT2D eigenvalue weighted by atomic mass is 9.75. The van der Waals surface area contributed by atoms with Gasteiger partial charge < -0.3 is 14.7 Å². The van der Waals surface area contributed by atoms with Crippen molar-refractivity contribution in [1.29, 1.82) is 0 Å². The maximum absolute atomic E-state index is 12.4. The van der Waals surface area contributed by atoms with E-state index in [0.717, 1.165) is 24.0 Å².